The molecule has 30 heavy (non-hydrogen) atoms. The fraction of sp³-hybridized carbons (Fsp3) is 0.250. The number of rotatable bonds is 3. The molecule has 1 N–H and O–H groups in total. The summed E-state index contributed by atoms with van der Waals surface area (Å²) in [5.74, 6) is 0.586. The Hall–Kier alpha value is -3.95. The Morgan fingerprint density at radius 1 is 1.07 bits per heavy atom. The van der Waals surface area contributed by atoms with Gasteiger partial charge in [-0.2, -0.15) is 4.68 Å². The summed E-state index contributed by atoms with van der Waals surface area (Å²) in [6.45, 7) is 2.12. The molecule has 1 saturated heterocycles. The number of ether oxygens (including phenoxy) is 2. The number of urea groups is 1. The first-order valence-corrected chi connectivity index (χ1v) is 9.34. The molecule has 0 radical (unpaired) electrons. The summed E-state index contributed by atoms with van der Waals surface area (Å²) in [7, 11) is 0. The standard InChI is InChI=1S/C20H17N5O5/c1-20(12-6-7-15-16(10-12)30-9-8-29-15)18(27)24(19(28)21-20)11-25-17(26)13-4-2-3-5-14(13)22-23-25/h2-7,10H,8-9,11H2,1H3,(H,21,28)/t20-/m0/s1. The van der Waals surface area contributed by atoms with Gasteiger partial charge in [-0.3, -0.25) is 9.59 Å². The Bertz CT molecular complexity index is 1260. The predicted molar refractivity (Wildman–Crippen MR) is 104 cm³/mol. The second-order valence-electron chi connectivity index (χ2n) is 7.20. The van der Waals surface area contributed by atoms with Gasteiger partial charge in [0.25, 0.3) is 11.5 Å². The maximum Gasteiger partial charge on any atom is 0.326 e. The first-order chi connectivity index (χ1) is 14.5. The average molecular weight is 407 g/mol. The molecule has 1 atom stereocenters. The van der Waals surface area contributed by atoms with Crippen molar-refractivity contribution in [2.75, 3.05) is 13.2 Å². The first-order valence-electron chi connectivity index (χ1n) is 9.34. The number of carbonyl (C=O) groups is 2. The Balaban J connectivity index is 1.47. The Kier molecular flexibility index (Phi) is 3.95. The third-order valence-corrected chi connectivity index (χ3v) is 5.30. The number of nitrogens with zero attached hydrogens (tertiary/aromatic N) is 4. The Morgan fingerprint density at radius 2 is 1.83 bits per heavy atom. The number of fused-ring (bicyclic) bond motifs is 2. The summed E-state index contributed by atoms with van der Waals surface area (Å²) in [5, 5.41) is 10.9. The summed E-state index contributed by atoms with van der Waals surface area (Å²) in [5.41, 5.74) is -0.767. The largest absolute Gasteiger partial charge is 0.486 e. The van der Waals surface area contributed by atoms with Crippen molar-refractivity contribution in [1.82, 2.24) is 25.2 Å². The van der Waals surface area contributed by atoms with Crippen LogP contribution < -0.4 is 20.3 Å². The zero-order valence-electron chi connectivity index (χ0n) is 16.0. The van der Waals surface area contributed by atoms with Gasteiger partial charge in [0.1, 0.15) is 30.9 Å². The third-order valence-electron chi connectivity index (χ3n) is 5.30. The van der Waals surface area contributed by atoms with Crippen LogP contribution in [0, 0.1) is 0 Å². The van der Waals surface area contributed by atoms with Crippen LogP contribution in [-0.2, 0) is 17.0 Å². The average Bonchev–Trinajstić information content (AvgIpc) is 2.99. The number of nitrogens with one attached hydrogen (secondary N) is 1. The van der Waals surface area contributed by atoms with Crippen molar-refractivity contribution in [3.63, 3.8) is 0 Å². The van der Waals surface area contributed by atoms with Gasteiger partial charge in [0.2, 0.25) is 0 Å². The molecular formula is C20H17N5O5. The predicted octanol–water partition coefficient (Wildman–Crippen LogP) is 0.987. The lowest BCUT2D eigenvalue weighted by molar-refractivity contribution is -0.132. The van der Waals surface area contributed by atoms with Gasteiger partial charge in [0, 0.05) is 0 Å². The van der Waals surface area contributed by atoms with Gasteiger partial charge in [0.15, 0.2) is 11.5 Å². The van der Waals surface area contributed by atoms with Gasteiger partial charge in [0.05, 0.1) is 5.39 Å². The van der Waals surface area contributed by atoms with Crippen LogP contribution in [0.5, 0.6) is 11.5 Å². The zero-order chi connectivity index (χ0) is 20.9. The minimum atomic E-state index is -1.32. The quantitative estimate of drug-likeness (QED) is 0.644. The molecule has 1 fully saturated rings. The van der Waals surface area contributed by atoms with Crippen LogP contribution in [-0.4, -0.2) is 45.0 Å². The van der Waals surface area contributed by atoms with Crippen LogP contribution in [0.3, 0.4) is 0 Å². The van der Waals surface area contributed by atoms with Crippen molar-refractivity contribution in [1.29, 1.82) is 0 Å². The lowest BCUT2D eigenvalue weighted by Crippen LogP contribution is -2.42. The Labute approximate surface area is 170 Å². The highest BCUT2D eigenvalue weighted by atomic mass is 16.6. The molecule has 10 heteroatoms. The summed E-state index contributed by atoms with van der Waals surface area (Å²) in [6.07, 6.45) is 0. The van der Waals surface area contributed by atoms with Gasteiger partial charge in [-0.05, 0) is 36.8 Å². The number of benzene rings is 2. The topological polar surface area (TPSA) is 116 Å². The van der Waals surface area contributed by atoms with E-state index in [9.17, 15) is 14.4 Å². The van der Waals surface area contributed by atoms with Crippen molar-refractivity contribution >= 4 is 22.8 Å². The highest BCUT2D eigenvalue weighted by Gasteiger charge is 2.49. The van der Waals surface area contributed by atoms with Crippen molar-refractivity contribution in [2.24, 2.45) is 0 Å². The van der Waals surface area contributed by atoms with Crippen LogP contribution in [0.15, 0.2) is 47.3 Å². The molecule has 3 heterocycles. The van der Waals surface area contributed by atoms with E-state index in [1.165, 1.54) is 0 Å². The van der Waals surface area contributed by atoms with E-state index in [2.05, 4.69) is 15.6 Å². The fourth-order valence-electron chi connectivity index (χ4n) is 3.63. The van der Waals surface area contributed by atoms with Gasteiger partial charge in [-0.15, -0.1) is 5.10 Å². The molecule has 0 bridgehead atoms. The van der Waals surface area contributed by atoms with Crippen LogP contribution in [0.1, 0.15) is 12.5 Å². The molecule has 2 aliphatic rings. The van der Waals surface area contributed by atoms with E-state index in [-0.39, 0.29) is 6.67 Å². The van der Waals surface area contributed by atoms with E-state index >= 15 is 0 Å². The van der Waals surface area contributed by atoms with Gasteiger partial charge < -0.3 is 14.8 Å². The normalized spacial score (nSPS) is 20.5. The molecule has 3 amide bonds. The summed E-state index contributed by atoms with van der Waals surface area (Å²) >= 11 is 0. The van der Waals surface area contributed by atoms with Crippen LogP contribution in [0.2, 0.25) is 0 Å². The zero-order valence-corrected chi connectivity index (χ0v) is 16.0. The lowest BCUT2D eigenvalue weighted by atomic mass is 9.91. The van der Waals surface area contributed by atoms with E-state index in [1.807, 2.05) is 0 Å². The minimum absolute atomic E-state index is 0.346. The molecule has 5 rings (SSSR count). The molecule has 2 aliphatic heterocycles. The summed E-state index contributed by atoms with van der Waals surface area (Å²) in [6, 6.07) is 11.2. The van der Waals surface area contributed by atoms with Crippen LogP contribution in [0.4, 0.5) is 4.79 Å². The number of aromatic nitrogens is 3. The van der Waals surface area contributed by atoms with E-state index < -0.39 is 23.0 Å². The minimum Gasteiger partial charge on any atom is -0.486 e. The maximum absolute atomic E-state index is 13.2. The van der Waals surface area contributed by atoms with E-state index in [0.29, 0.717) is 41.2 Å². The SMILES string of the molecule is C[C@@]1(c2ccc3c(c2)OCCO3)NC(=O)N(Cn2nnc3ccccc3c2=O)C1=O. The second-order valence-corrected chi connectivity index (χ2v) is 7.20. The molecule has 0 aliphatic carbocycles. The van der Waals surface area contributed by atoms with E-state index in [0.717, 1.165) is 9.58 Å². The third kappa shape index (κ3) is 2.68. The highest BCUT2D eigenvalue weighted by Crippen LogP contribution is 2.36. The molecule has 10 nitrogen and oxygen atoms in total. The smallest absolute Gasteiger partial charge is 0.326 e. The number of hydrogen-bond acceptors (Lipinski definition) is 7. The number of amides is 3. The molecular weight excluding hydrogens is 390 g/mol. The molecule has 0 saturated carbocycles. The molecule has 0 unspecified atom stereocenters. The van der Waals surface area contributed by atoms with Crippen molar-refractivity contribution in [3.05, 3.63) is 58.4 Å². The monoisotopic (exact) mass is 407 g/mol. The molecule has 2 aromatic carbocycles. The van der Waals surface area contributed by atoms with Crippen molar-refractivity contribution in [2.45, 2.75) is 19.1 Å². The number of imide groups is 1. The summed E-state index contributed by atoms with van der Waals surface area (Å²) in [4.78, 5) is 39.4. The van der Waals surface area contributed by atoms with E-state index in [1.54, 1.807) is 49.4 Å². The van der Waals surface area contributed by atoms with Crippen molar-refractivity contribution in [3.8, 4) is 11.5 Å². The summed E-state index contributed by atoms with van der Waals surface area (Å²) < 4.78 is 12.1. The van der Waals surface area contributed by atoms with Crippen LogP contribution >= 0.6 is 0 Å². The molecule has 0 spiro atoms. The lowest BCUT2D eigenvalue weighted by Gasteiger charge is -2.25. The van der Waals surface area contributed by atoms with Gasteiger partial charge >= 0.3 is 6.03 Å². The van der Waals surface area contributed by atoms with E-state index in [4.69, 9.17) is 9.47 Å². The highest BCUT2D eigenvalue weighted by molar-refractivity contribution is 6.07. The van der Waals surface area contributed by atoms with Crippen molar-refractivity contribution < 1.29 is 19.1 Å². The number of carbonyl (C=O) groups excluding carboxylic acids is 2. The maximum atomic E-state index is 13.2. The van der Waals surface area contributed by atoms with Crippen LogP contribution in [0.25, 0.3) is 10.9 Å². The van der Waals surface area contributed by atoms with Gasteiger partial charge in [-0.25, -0.2) is 9.69 Å². The fourth-order valence-corrected chi connectivity index (χ4v) is 3.63. The molecule has 152 valence electrons. The molecule has 1 aromatic heterocycles. The number of hydrogen-bond donors (Lipinski definition) is 1. The Morgan fingerprint density at radius 3 is 2.67 bits per heavy atom. The molecule has 3 aromatic rings. The first kappa shape index (κ1) is 18.1. The second kappa shape index (κ2) is 6.55. The van der Waals surface area contributed by atoms with Gasteiger partial charge in [-0.1, -0.05) is 23.4 Å².